The molecule has 0 bridgehead atoms. The Kier molecular flexibility index (Phi) is 5.51. The van der Waals surface area contributed by atoms with Crippen molar-refractivity contribution in [3.63, 3.8) is 0 Å². The maximum absolute atomic E-state index is 12.9. The summed E-state index contributed by atoms with van der Waals surface area (Å²) < 4.78 is 12.9. The van der Waals surface area contributed by atoms with Crippen LogP contribution in [0.2, 0.25) is 0 Å². The van der Waals surface area contributed by atoms with E-state index in [-0.39, 0.29) is 17.8 Å². The molecule has 26 heavy (non-hydrogen) atoms. The number of amides is 3. The van der Waals surface area contributed by atoms with Crippen LogP contribution in [-0.4, -0.2) is 18.5 Å². The monoisotopic (exact) mass is 355 g/mol. The number of nitrogens with one attached hydrogen (secondary N) is 2. The predicted molar refractivity (Wildman–Crippen MR) is 98.3 cm³/mol. The molecule has 0 saturated heterocycles. The minimum Gasteiger partial charge on any atom is -0.334 e. The molecule has 0 fully saturated rings. The summed E-state index contributed by atoms with van der Waals surface area (Å²) in [6.45, 7) is 3.33. The molecular formula is C20H22FN3O2. The Morgan fingerprint density at radius 2 is 1.69 bits per heavy atom. The molecule has 0 saturated carbocycles. The lowest BCUT2D eigenvalue weighted by molar-refractivity contribution is -0.118. The van der Waals surface area contributed by atoms with E-state index in [2.05, 4.69) is 10.6 Å². The Morgan fingerprint density at radius 3 is 2.38 bits per heavy atom. The van der Waals surface area contributed by atoms with E-state index < -0.39 is 0 Å². The molecule has 0 unspecified atom stereocenters. The van der Waals surface area contributed by atoms with Gasteiger partial charge in [0.25, 0.3) is 0 Å². The molecule has 1 heterocycles. The summed E-state index contributed by atoms with van der Waals surface area (Å²) in [5.74, 6) is -0.163. The SMILES string of the molecule is CCC(=O)N1CCc2cc(CNC(=O)NCc3ccc(F)cc3)ccc21. The predicted octanol–water partition coefficient (Wildman–Crippen LogP) is 3.12. The molecule has 0 atom stereocenters. The fraction of sp³-hybridized carbons (Fsp3) is 0.300. The first-order valence-electron chi connectivity index (χ1n) is 8.75. The third-order valence-electron chi connectivity index (χ3n) is 4.46. The molecule has 136 valence electrons. The molecular weight excluding hydrogens is 333 g/mol. The van der Waals surface area contributed by atoms with E-state index in [9.17, 15) is 14.0 Å². The number of hydrogen-bond acceptors (Lipinski definition) is 2. The van der Waals surface area contributed by atoms with E-state index in [0.717, 1.165) is 35.3 Å². The fourth-order valence-electron chi connectivity index (χ4n) is 3.04. The van der Waals surface area contributed by atoms with Gasteiger partial charge in [-0.2, -0.15) is 0 Å². The quantitative estimate of drug-likeness (QED) is 0.866. The molecule has 3 amide bonds. The van der Waals surface area contributed by atoms with Crippen LogP contribution in [0.25, 0.3) is 0 Å². The van der Waals surface area contributed by atoms with Gasteiger partial charge in [0.15, 0.2) is 0 Å². The number of carbonyl (C=O) groups excluding carboxylic acids is 2. The summed E-state index contributed by atoms with van der Waals surface area (Å²) in [6.07, 6.45) is 1.34. The third-order valence-corrected chi connectivity index (χ3v) is 4.46. The van der Waals surface area contributed by atoms with E-state index >= 15 is 0 Å². The van der Waals surface area contributed by atoms with Crippen molar-refractivity contribution in [1.82, 2.24) is 10.6 Å². The highest BCUT2D eigenvalue weighted by Crippen LogP contribution is 2.29. The van der Waals surface area contributed by atoms with Gasteiger partial charge >= 0.3 is 6.03 Å². The van der Waals surface area contributed by atoms with E-state index in [1.165, 1.54) is 12.1 Å². The van der Waals surface area contributed by atoms with Crippen LogP contribution < -0.4 is 15.5 Å². The van der Waals surface area contributed by atoms with Crippen molar-refractivity contribution in [1.29, 1.82) is 0 Å². The molecule has 1 aliphatic heterocycles. The highest BCUT2D eigenvalue weighted by molar-refractivity contribution is 5.95. The highest BCUT2D eigenvalue weighted by atomic mass is 19.1. The van der Waals surface area contributed by atoms with Crippen molar-refractivity contribution in [2.24, 2.45) is 0 Å². The zero-order valence-corrected chi connectivity index (χ0v) is 14.7. The Labute approximate surface area is 152 Å². The summed E-state index contributed by atoms with van der Waals surface area (Å²) in [6, 6.07) is 11.6. The Hall–Kier alpha value is -2.89. The lowest BCUT2D eigenvalue weighted by atomic mass is 10.1. The van der Waals surface area contributed by atoms with Crippen molar-refractivity contribution in [2.75, 3.05) is 11.4 Å². The molecule has 0 radical (unpaired) electrons. The zero-order chi connectivity index (χ0) is 18.5. The zero-order valence-electron chi connectivity index (χ0n) is 14.7. The number of benzene rings is 2. The summed E-state index contributed by atoms with van der Waals surface area (Å²) >= 11 is 0. The van der Waals surface area contributed by atoms with Crippen molar-refractivity contribution in [2.45, 2.75) is 32.9 Å². The number of halogens is 1. The molecule has 3 rings (SSSR count). The minimum atomic E-state index is -0.297. The van der Waals surface area contributed by atoms with Crippen LogP contribution in [-0.2, 0) is 24.3 Å². The lowest BCUT2D eigenvalue weighted by Gasteiger charge is -2.16. The summed E-state index contributed by atoms with van der Waals surface area (Å²) in [7, 11) is 0. The Bertz CT molecular complexity index is 805. The number of fused-ring (bicyclic) bond motifs is 1. The maximum Gasteiger partial charge on any atom is 0.315 e. The van der Waals surface area contributed by atoms with Crippen LogP contribution >= 0.6 is 0 Å². The van der Waals surface area contributed by atoms with Gasteiger partial charge in [-0.25, -0.2) is 9.18 Å². The van der Waals surface area contributed by atoms with Gasteiger partial charge in [0, 0.05) is 31.7 Å². The molecule has 1 aliphatic rings. The van der Waals surface area contributed by atoms with Gasteiger partial charge in [-0.15, -0.1) is 0 Å². The maximum atomic E-state index is 12.9. The van der Waals surface area contributed by atoms with Gasteiger partial charge in [0.2, 0.25) is 5.91 Å². The van der Waals surface area contributed by atoms with E-state index in [1.807, 2.05) is 30.0 Å². The van der Waals surface area contributed by atoms with Crippen LogP contribution in [0.5, 0.6) is 0 Å². The van der Waals surface area contributed by atoms with Crippen molar-refractivity contribution in [3.8, 4) is 0 Å². The Morgan fingerprint density at radius 1 is 1.04 bits per heavy atom. The van der Waals surface area contributed by atoms with Gasteiger partial charge in [0.05, 0.1) is 0 Å². The van der Waals surface area contributed by atoms with Gasteiger partial charge in [-0.3, -0.25) is 4.79 Å². The first-order valence-corrected chi connectivity index (χ1v) is 8.75. The fourth-order valence-corrected chi connectivity index (χ4v) is 3.04. The van der Waals surface area contributed by atoms with Gasteiger partial charge in [-0.05, 0) is 41.3 Å². The minimum absolute atomic E-state index is 0.134. The number of carbonyl (C=O) groups is 2. The Balaban J connectivity index is 1.51. The first kappa shape index (κ1) is 17.9. The second kappa shape index (κ2) is 7.99. The second-order valence-corrected chi connectivity index (χ2v) is 6.27. The number of nitrogens with zero attached hydrogens (tertiary/aromatic N) is 1. The lowest BCUT2D eigenvalue weighted by Crippen LogP contribution is -2.34. The topological polar surface area (TPSA) is 61.4 Å². The van der Waals surface area contributed by atoms with Crippen LogP contribution in [0.3, 0.4) is 0 Å². The van der Waals surface area contributed by atoms with Gasteiger partial charge in [-0.1, -0.05) is 31.2 Å². The first-order chi connectivity index (χ1) is 12.6. The van der Waals surface area contributed by atoms with E-state index in [1.54, 1.807) is 12.1 Å². The summed E-state index contributed by atoms with van der Waals surface area (Å²) in [4.78, 5) is 25.7. The van der Waals surface area contributed by atoms with Gasteiger partial charge in [0.1, 0.15) is 5.82 Å². The molecule has 2 aromatic carbocycles. The summed E-state index contributed by atoms with van der Waals surface area (Å²) in [5.41, 5.74) is 3.94. The second-order valence-electron chi connectivity index (χ2n) is 6.27. The number of urea groups is 1. The third kappa shape index (κ3) is 4.20. The van der Waals surface area contributed by atoms with Crippen molar-refractivity contribution < 1.29 is 14.0 Å². The van der Waals surface area contributed by atoms with Crippen LogP contribution in [0, 0.1) is 5.82 Å². The molecule has 5 nitrogen and oxygen atoms in total. The molecule has 0 spiro atoms. The molecule has 2 aromatic rings. The van der Waals surface area contributed by atoms with Crippen molar-refractivity contribution in [3.05, 3.63) is 65.0 Å². The van der Waals surface area contributed by atoms with Crippen LogP contribution in [0.4, 0.5) is 14.9 Å². The largest absolute Gasteiger partial charge is 0.334 e. The van der Waals surface area contributed by atoms with Crippen LogP contribution in [0.15, 0.2) is 42.5 Å². The molecule has 0 aromatic heterocycles. The normalized spacial score (nSPS) is 12.6. The van der Waals surface area contributed by atoms with Gasteiger partial charge < -0.3 is 15.5 Å². The van der Waals surface area contributed by atoms with E-state index in [0.29, 0.717) is 19.5 Å². The van der Waals surface area contributed by atoms with E-state index in [4.69, 9.17) is 0 Å². The number of hydrogen-bond donors (Lipinski definition) is 2. The summed E-state index contributed by atoms with van der Waals surface area (Å²) in [5, 5.41) is 5.56. The molecule has 0 aliphatic carbocycles. The van der Waals surface area contributed by atoms with Crippen molar-refractivity contribution >= 4 is 17.6 Å². The molecule has 6 heteroatoms. The standard InChI is InChI=1S/C20H22FN3O2/c1-2-19(25)24-10-9-16-11-15(5-8-18(16)24)13-23-20(26)22-12-14-3-6-17(21)7-4-14/h3-8,11H,2,9-10,12-13H2,1H3,(H2,22,23,26). The average molecular weight is 355 g/mol. The molecule has 2 N–H and O–H groups in total. The number of anilines is 1. The number of rotatable bonds is 5. The van der Waals surface area contributed by atoms with Crippen LogP contribution in [0.1, 0.15) is 30.0 Å². The smallest absolute Gasteiger partial charge is 0.315 e. The highest BCUT2D eigenvalue weighted by Gasteiger charge is 2.23. The average Bonchev–Trinajstić information content (AvgIpc) is 3.08.